The highest BCUT2D eigenvalue weighted by atomic mass is 35.5. The van der Waals surface area contributed by atoms with Crippen LogP contribution in [0.15, 0.2) is 40.6 Å². The molecule has 0 amide bonds. The Morgan fingerprint density at radius 1 is 1.12 bits per heavy atom. The first-order chi connectivity index (χ1) is 12.5. The number of fused-ring (bicyclic) bond motifs is 1. The summed E-state index contributed by atoms with van der Waals surface area (Å²) in [6, 6.07) is 10.3. The maximum Gasteiger partial charge on any atom is 0.271 e. The molecule has 0 unspecified atom stereocenters. The molecule has 2 aromatic heterocycles. The third-order valence-corrected chi connectivity index (χ3v) is 7.40. The topological polar surface area (TPSA) is 76.9 Å². The molecule has 0 saturated heterocycles. The number of nitrogens with one attached hydrogen (secondary N) is 1. The predicted octanol–water partition coefficient (Wildman–Crippen LogP) is 4.19. The summed E-state index contributed by atoms with van der Waals surface area (Å²) in [6.45, 7) is 0.890. The van der Waals surface area contributed by atoms with Crippen molar-refractivity contribution in [3.05, 3.63) is 46.6 Å². The third kappa shape index (κ3) is 3.49. The van der Waals surface area contributed by atoms with Crippen LogP contribution in [0, 0.1) is 0 Å². The zero-order valence-corrected chi connectivity index (χ0v) is 16.2. The van der Waals surface area contributed by atoms with Crippen LogP contribution in [-0.2, 0) is 23.0 Å². The normalized spacial score (nSPS) is 14.7. The van der Waals surface area contributed by atoms with Gasteiger partial charge in [0, 0.05) is 24.2 Å². The SMILES string of the molecule is O=S(=O)(Nc1cccc(-c2nnc3n2CCCCC3)c1)c1ccc(Cl)s1. The average molecular weight is 409 g/mol. The molecule has 0 atom stereocenters. The van der Waals surface area contributed by atoms with Crippen molar-refractivity contribution in [2.24, 2.45) is 0 Å². The van der Waals surface area contributed by atoms with Gasteiger partial charge in [-0.2, -0.15) is 0 Å². The molecule has 0 aliphatic carbocycles. The highest BCUT2D eigenvalue weighted by molar-refractivity contribution is 7.94. The van der Waals surface area contributed by atoms with E-state index in [4.69, 9.17) is 11.6 Å². The van der Waals surface area contributed by atoms with Gasteiger partial charge in [-0.15, -0.1) is 21.5 Å². The average Bonchev–Trinajstić information content (AvgIpc) is 3.15. The molecular formula is C17H17ClN4O2S2. The molecule has 3 aromatic rings. The lowest BCUT2D eigenvalue weighted by Gasteiger charge is -2.10. The van der Waals surface area contributed by atoms with Crippen LogP contribution in [0.5, 0.6) is 0 Å². The van der Waals surface area contributed by atoms with E-state index in [9.17, 15) is 8.42 Å². The number of aryl methyl sites for hydroxylation is 1. The maximum absolute atomic E-state index is 12.5. The van der Waals surface area contributed by atoms with Gasteiger partial charge in [-0.1, -0.05) is 30.2 Å². The number of rotatable bonds is 4. The van der Waals surface area contributed by atoms with E-state index in [1.54, 1.807) is 18.2 Å². The van der Waals surface area contributed by atoms with Gasteiger partial charge in [0.25, 0.3) is 10.0 Å². The van der Waals surface area contributed by atoms with Gasteiger partial charge in [-0.05, 0) is 37.1 Å². The van der Waals surface area contributed by atoms with Crippen LogP contribution in [-0.4, -0.2) is 23.2 Å². The zero-order chi connectivity index (χ0) is 18.1. The van der Waals surface area contributed by atoms with Crippen molar-refractivity contribution in [2.75, 3.05) is 4.72 Å². The number of anilines is 1. The molecule has 0 spiro atoms. The first-order valence-electron chi connectivity index (χ1n) is 8.34. The number of hydrogen-bond donors (Lipinski definition) is 1. The van der Waals surface area contributed by atoms with Crippen LogP contribution in [0.3, 0.4) is 0 Å². The molecular weight excluding hydrogens is 392 g/mol. The number of aromatic nitrogens is 3. The van der Waals surface area contributed by atoms with Crippen LogP contribution in [0.1, 0.15) is 25.1 Å². The lowest BCUT2D eigenvalue weighted by atomic mass is 10.2. The van der Waals surface area contributed by atoms with Crippen LogP contribution in [0.25, 0.3) is 11.4 Å². The summed E-state index contributed by atoms with van der Waals surface area (Å²) in [5.74, 6) is 1.78. The van der Waals surface area contributed by atoms with Crippen molar-refractivity contribution in [1.29, 1.82) is 0 Å². The molecule has 0 saturated carbocycles. The van der Waals surface area contributed by atoms with Gasteiger partial charge < -0.3 is 4.57 Å². The van der Waals surface area contributed by atoms with Crippen molar-refractivity contribution >= 4 is 38.6 Å². The van der Waals surface area contributed by atoms with Crippen molar-refractivity contribution < 1.29 is 8.42 Å². The second-order valence-corrected chi connectivity index (χ2v) is 9.77. The van der Waals surface area contributed by atoms with E-state index in [1.165, 1.54) is 12.5 Å². The Balaban J connectivity index is 1.65. The molecule has 6 nitrogen and oxygen atoms in total. The Hall–Kier alpha value is -1.90. The van der Waals surface area contributed by atoms with Gasteiger partial charge in [-0.25, -0.2) is 8.42 Å². The number of halogens is 1. The summed E-state index contributed by atoms with van der Waals surface area (Å²) in [5.41, 5.74) is 1.33. The Labute approximate surface area is 160 Å². The van der Waals surface area contributed by atoms with Gasteiger partial charge in [0.15, 0.2) is 5.82 Å². The highest BCUT2D eigenvalue weighted by Gasteiger charge is 2.19. The number of sulfonamides is 1. The van der Waals surface area contributed by atoms with E-state index in [-0.39, 0.29) is 4.21 Å². The second-order valence-electron chi connectivity index (χ2n) is 6.15. The van der Waals surface area contributed by atoms with Crippen molar-refractivity contribution in [1.82, 2.24) is 14.8 Å². The summed E-state index contributed by atoms with van der Waals surface area (Å²) in [5, 5.41) is 8.64. The predicted molar refractivity (Wildman–Crippen MR) is 103 cm³/mol. The molecule has 1 N–H and O–H groups in total. The molecule has 0 fully saturated rings. The minimum atomic E-state index is -3.66. The Bertz CT molecular complexity index is 1040. The van der Waals surface area contributed by atoms with Crippen LogP contribution < -0.4 is 4.72 Å². The first-order valence-corrected chi connectivity index (χ1v) is 11.0. The Morgan fingerprint density at radius 2 is 2.00 bits per heavy atom. The molecule has 0 bridgehead atoms. The van der Waals surface area contributed by atoms with E-state index in [0.29, 0.717) is 10.0 Å². The molecule has 1 aliphatic heterocycles. The quantitative estimate of drug-likeness (QED) is 0.702. The molecule has 9 heteroatoms. The van der Waals surface area contributed by atoms with E-state index in [1.807, 2.05) is 12.1 Å². The van der Waals surface area contributed by atoms with Crippen LogP contribution >= 0.6 is 22.9 Å². The van der Waals surface area contributed by atoms with Crippen LogP contribution in [0.2, 0.25) is 4.34 Å². The fourth-order valence-corrected chi connectivity index (χ4v) is 5.60. The van der Waals surface area contributed by atoms with Crippen molar-refractivity contribution in [3.8, 4) is 11.4 Å². The Morgan fingerprint density at radius 3 is 2.81 bits per heavy atom. The van der Waals surface area contributed by atoms with Gasteiger partial charge in [0.05, 0.1) is 4.34 Å². The molecule has 26 heavy (non-hydrogen) atoms. The monoisotopic (exact) mass is 408 g/mol. The highest BCUT2D eigenvalue weighted by Crippen LogP contribution is 2.29. The molecule has 136 valence electrons. The zero-order valence-electron chi connectivity index (χ0n) is 13.9. The van der Waals surface area contributed by atoms with Gasteiger partial charge in [0.1, 0.15) is 10.0 Å². The van der Waals surface area contributed by atoms with E-state index in [0.717, 1.165) is 54.4 Å². The van der Waals surface area contributed by atoms with Gasteiger partial charge in [-0.3, -0.25) is 4.72 Å². The molecule has 0 radical (unpaired) electrons. The molecule has 3 heterocycles. The third-order valence-electron chi connectivity index (χ3n) is 4.30. The Kier molecular flexibility index (Phi) is 4.73. The van der Waals surface area contributed by atoms with E-state index < -0.39 is 10.0 Å². The fourth-order valence-electron chi connectivity index (χ4n) is 3.07. The minimum absolute atomic E-state index is 0.184. The molecule has 1 aliphatic rings. The smallest absolute Gasteiger partial charge is 0.271 e. The minimum Gasteiger partial charge on any atom is -0.311 e. The van der Waals surface area contributed by atoms with Gasteiger partial charge in [0.2, 0.25) is 0 Å². The first kappa shape index (κ1) is 17.5. The number of hydrogen-bond acceptors (Lipinski definition) is 5. The number of benzene rings is 1. The largest absolute Gasteiger partial charge is 0.311 e. The summed E-state index contributed by atoms with van der Waals surface area (Å²) in [7, 11) is -3.66. The summed E-state index contributed by atoms with van der Waals surface area (Å²) < 4.78 is 30.4. The second kappa shape index (κ2) is 7.02. The number of thiophene rings is 1. The summed E-state index contributed by atoms with van der Waals surface area (Å²) in [4.78, 5) is 0. The summed E-state index contributed by atoms with van der Waals surface area (Å²) in [6.07, 6.45) is 4.34. The number of nitrogens with zero attached hydrogens (tertiary/aromatic N) is 3. The molecule has 1 aromatic carbocycles. The van der Waals surface area contributed by atoms with Gasteiger partial charge >= 0.3 is 0 Å². The lowest BCUT2D eigenvalue weighted by molar-refractivity contribution is 0.603. The van der Waals surface area contributed by atoms with Crippen molar-refractivity contribution in [2.45, 2.75) is 36.4 Å². The molecule has 4 rings (SSSR count). The maximum atomic E-state index is 12.5. The standard InChI is InChI=1S/C17H17ClN4O2S2/c18-14-8-9-16(25-14)26(23,24)21-13-6-4-5-12(11-13)17-20-19-15-7-2-1-3-10-22(15)17/h4-6,8-9,11,21H,1-3,7,10H2. The van der Waals surface area contributed by atoms with Crippen molar-refractivity contribution in [3.63, 3.8) is 0 Å². The summed E-state index contributed by atoms with van der Waals surface area (Å²) >= 11 is 6.88. The van der Waals surface area contributed by atoms with E-state index in [2.05, 4.69) is 19.5 Å². The lowest BCUT2D eigenvalue weighted by Crippen LogP contribution is -2.11. The van der Waals surface area contributed by atoms with E-state index >= 15 is 0 Å². The van der Waals surface area contributed by atoms with Crippen LogP contribution in [0.4, 0.5) is 5.69 Å². The fraction of sp³-hybridized carbons (Fsp3) is 0.294.